The fourth-order valence-corrected chi connectivity index (χ4v) is 7.70. The van der Waals surface area contributed by atoms with Gasteiger partial charge >= 0.3 is 0 Å². The van der Waals surface area contributed by atoms with Crippen LogP contribution in [0.25, 0.3) is 49.9 Å². The van der Waals surface area contributed by atoms with Crippen molar-refractivity contribution in [1.29, 1.82) is 0 Å². The van der Waals surface area contributed by atoms with Gasteiger partial charge in [0, 0.05) is 40.4 Å². The summed E-state index contributed by atoms with van der Waals surface area (Å²) in [5, 5.41) is 3.31. The molecule has 0 radical (unpaired) electrons. The van der Waals surface area contributed by atoms with Crippen molar-refractivity contribution in [2.75, 3.05) is 0 Å². The molecule has 1 aliphatic rings. The van der Waals surface area contributed by atoms with Crippen molar-refractivity contribution < 1.29 is 13.9 Å². The molecule has 8 aromatic rings. The van der Waals surface area contributed by atoms with Gasteiger partial charge in [-0.2, -0.15) is 0 Å². The Morgan fingerprint density at radius 2 is 1.42 bits per heavy atom. The van der Waals surface area contributed by atoms with Gasteiger partial charge in [0.2, 0.25) is 0 Å². The van der Waals surface area contributed by atoms with E-state index in [0.29, 0.717) is 5.75 Å². The largest absolute Gasteiger partial charge is 0.457 e. The molecule has 0 saturated heterocycles. The zero-order chi connectivity index (χ0) is 36.9. The topological polar surface area (TPSA) is 62.3 Å². The van der Waals surface area contributed by atoms with Gasteiger partial charge in [0.1, 0.15) is 28.6 Å². The first-order valence-electron chi connectivity index (χ1n) is 18.3. The molecule has 0 N–H and O–H groups in total. The molecule has 53 heavy (non-hydrogen) atoms. The molecule has 0 unspecified atom stereocenters. The van der Waals surface area contributed by atoms with E-state index in [1.165, 1.54) is 16.5 Å². The van der Waals surface area contributed by atoms with Crippen LogP contribution in [0, 0.1) is 0 Å². The van der Waals surface area contributed by atoms with Crippen LogP contribution in [0.3, 0.4) is 0 Å². The van der Waals surface area contributed by atoms with Crippen LogP contribution >= 0.6 is 0 Å². The lowest BCUT2D eigenvalue weighted by molar-refractivity contribution is 0.362. The maximum absolute atomic E-state index is 6.69. The van der Waals surface area contributed by atoms with Gasteiger partial charge in [-0.3, -0.25) is 9.55 Å². The van der Waals surface area contributed by atoms with E-state index in [1.54, 1.807) is 0 Å². The lowest BCUT2D eigenvalue weighted by Gasteiger charge is -2.32. The van der Waals surface area contributed by atoms with Crippen molar-refractivity contribution in [1.82, 2.24) is 14.5 Å². The highest BCUT2D eigenvalue weighted by Gasteiger charge is 2.42. The average molecular weight is 698 g/mol. The molecule has 9 rings (SSSR count). The summed E-state index contributed by atoms with van der Waals surface area (Å²) in [6.45, 7) is 17.7. The van der Waals surface area contributed by atoms with E-state index in [0.717, 1.165) is 73.0 Å². The number of benzene rings is 4. The molecule has 264 valence electrons. The van der Waals surface area contributed by atoms with E-state index in [1.807, 2.05) is 36.7 Å². The van der Waals surface area contributed by atoms with Crippen LogP contribution in [0.15, 0.2) is 120 Å². The van der Waals surface area contributed by atoms with E-state index in [2.05, 4.69) is 139 Å². The third kappa shape index (κ3) is 5.38. The normalized spacial score (nSPS) is 14.0. The van der Waals surface area contributed by atoms with Gasteiger partial charge in [0.25, 0.3) is 0 Å². The first-order valence-corrected chi connectivity index (χ1v) is 18.3. The number of hydrogen-bond acceptors (Lipinski definition) is 5. The van der Waals surface area contributed by atoms with Crippen molar-refractivity contribution in [3.8, 4) is 40.1 Å². The highest BCUT2D eigenvalue weighted by atomic mass is 16.5. The summed E-state index contributed by atoms with van der Waals surface area (Å²) >= 11 is 0. The zero-order valence-electron chi connectivity index (χ0n) is 31.5. The van der Waals surface area contributed by atoms with E-state index in [9.17, 15) is 0 Å². The maximum atomic E-state index is 6.69. The standard InChI is InChI=1S/C47H43N3O3/c1-45(2,3)29-16-20-38-35(25-29)43-44(53-38)47(7,8)41-39(52-43)22-23-48-42(41)28-12-11-13-31(24-28)51-32-18-19-34-33-14-9-10-15-36(33)50(37(34)26-32)40-21-17-30(27-49-40)46(4,5)6/h9-27H,1-8H3. The number of nitrogens with zero attached hydrogens (tertiary/aromatic N) is 3. The molecule has 0 saturated carbocycles. The SMILES string of the molecule is CC(C)(C)c1ccc(-n2c3ccccc3c3ccc(Oc4cccc(-c5nccc6c5C(C)(C)c5oc7ccc(C(C)(C)C)cc7c5O6)c4)cc32)nc1. The van der Waals surface area contributed by atoms with Crippen LogP contribution in [0.4, 0.5) is 0 Å². The Bertz CT molecular complexity index is 2720. The van der Waals surface area contributed by atoms with E-state index in [4.69, 9.17) is 23.9 Å². The minimum Gasteiger partial charge on any atom is -0.457 e. The monoisotopic (exact) mass is 697 g/mol. The summed E-state index contributed by atoms with van der Waals surface area (Å²) in [5.41, 5.74) is 7.65. The summed E-state index contributed by atoms with van der Waals surface area (Å²) in [6.07, 6.45) is 3.81. The van der Waals surface area contributed by atoms with Crippen LogP contribution in [-0.4, -0.2) is 14.5 Å². The number of ether oxygens (including phenoxy) is 2. The van der Waals surface area contributed by atoms with E-state index in [-0.39, 0.29) is 10.8 Å². The molecule has 1 aliphatic heterocycles. The summed E-state index contributed by atoms with van der Waals surface area (Å²) < 4.78 is 22.1. The molecule has 0 aliphatic carbocycles. The highest BCUT2D eigenvalue weighted by Crippen LogP contribution is 2.54. The second-order valence-electron chi connectivity index (χ2n) is 16.8. The minimum absolute atomic E-state index is 0.00433. The lowest BCUT2D eigenvalue weighted by Crippen LogP contribution is -2.24. The minimum atomic E-state index is -0.512. The average Bonchev–Trinajstić information content (AvgIpc) is 3.66. The molecular weight excluding hydrogens is 655 g/mol. The van der Waals surface area contributed by atoms with Gasteiger partial charge in [-0.1, -0.05) is 84.0 Å². The predicted octanol–water partition coefficient (Wildman–Crippen LogP) is 12.8. The van der Waals surface area contributed by atoms with Gasteiger partial charge in [0.05, 0.1) is 27.5 Å². The predicted molar refractivity (Wildman–Crippen MR) is 214 cm³/mol. The summed E-state index contributed by atoms with van der Waals surface area (Å²) in [4.78, 5) is 9.85. The van der Waals surface area contributed by atoms with Crippen LogP contribution in [0.5, 0.6) is 23.0 Å². The van der Waals surface area contributed by atoms with Crippen molar-refractivity contribution in [2.45, 2.75) is 71.6 Å². The second kappa shape index (κ2) is 11.6. The maximum Gasteiger partial charge on any atom is 0.177 e. The number of pyridine rings is 2. The molecule has 0 bridgehead atoms. The highest BCUT2D eigenvalue weighted by molar-refractivity contribution is 6.09. The first-order chi connectivity index (χ1) is 25.3. The Balaban J connectivity index is 1.09. The van der Waals surface area contributed by atoms with Crippen molar-refractivity contribution in [3.63, 3.8) is 0 Å². The van der Waals surface area contributed by atoms with Crippen LogP contribution in [0.2, 0.25) is 0 Å². The van der Waals surface area contributed by atoms with Gasteiger partial charge in [-0.25, -0.2) is 4.98 Å². The third-order valence-corrected chi connectivity index (χ3v) is 10.7. The number of rotatable bonds is 4. The fourth-order valence-electron chi connectivity index (χ4n) is 7.70. The summed E-state index contributed by atoms with van der Waals surface area (Å²) in [6, 6.07) is 35.5. The first kappa shape index (κ1) is 33.0. The van der Waals surface area contributed by atoms with Crippen molar-refractivity contribution >= 4 is 32.8 Å². The molecule has 6 heteroatoms. The fraction of sp³-hybridized carbons (Fsp3) is 0.234. The van der Waals surface area contributed by atoms with E-state index >= 15 is 0 Å². The van der Waals surface area contributed by atoms with E-state index < -0.39 is 5.41 Å². The molecule has 0 spiro atoms. The summed E-state index contributed by atoms with van der Waals surface area (Å²) in [7, 11) is 0. The number of furan rings is 1. The Labute approximate surface area is 310 Å². The van der Waals surface area contributed by atoms with Crippen LogP contribution < -0.4 is 9.47 Å². The number of hydrogen-bond donors (Lipinski definition) is 0. The van der Waals surface area contributed by atoms with Gasteiger partial charge < -0.3 is 13.9 Å². The Morgan fingerprint density at radius 1 is 0.660 bits per heavy atom. The Kier molecular flexibility index (Phi) is 7.20. The smallest absolute Gasteiger partial charge is 0.177 e. The number of para-hydroxylation sites is 1. The van der Waals surface area contributed by atoms with Gasteiger partial charge in [0.15, 0.2) is 11.5 Å². The molecular formula is C47H43N3O3. The number of fused-ring (bicyclic) bond motifs is 7. The van der Waals surface area contributed by atoms with Crippen LogP contribution in [-0.2, 0) is 16.2 Å². The quantitative estimate of drug-likeness (QED) is 0.183. The van der Waals surface area contributed by atoms with Crippen molar-refractivity contribution in [2.24, 2.45) is 0 Å². The molecule has 5 heterocycles. The Morgan fingerprint density at radius 3 is 2.19 bits per heavy atom. The van der Waals surface area contributed by atoms with Crippen LogP contribution in [0.1, 0.15) is 77.8 Å². The van der Waals surface area contributed by atoms with Gasteiger partial charge in [-0.15, -0.1) is 0 Å². The lowest BCUT2D eigenvalue weighted by atomic mass is 9.77. The Hall–Kier alpha value is -5.88. The zero-order valence-corrected chi connectivity index (χ0v) is 31.5. The molecule has 0 atom stereocenters. The second-order valence-corrected chi connectivity index (χ2v) is 16.8. The molecule has 6 nitrogen and oxygen atoms in total. The number of aromatic nitrogens is 3. The molecule has 0 amide bonds. The molecule has 4 aromatic heterocycles. The summed E-state index contributed by atoms with van der Waals surface area (Å²) in [5.74, 6) is 4.69. The van der Waals surface area contributed by atoms with Crippen molar-refractivity contribution in [3.05, 3.63) is 138 Å². The molecule has 0 fully saturated rings. The third-order valence-electron chi connectivity index (χ3n) is 10.7. The molecule has 4 aromatic carbocycles. The van der Waals surface area contributed by atoms with Gasteiger partial charge in [-0.05, 0) is 90.4 Å².